The molecule has 2 fully saturated rings. The van der Waals surface area contributed by atoms with Gasteiger partial charge in [-0.2, -0.15) is 0 Å². The molecule has 0 radical (unpaired) electrons. The molecular formula is C23H28N2O6S2. The molecule has 2 aliphatic carbocycles. The molecule has 0 unspecified atom stereocenters. The topological polar surface area (TPSA) is 123 Å². The van der Waals surface area contributed by atoms with Crippen LogP contribution in [0.1, 0.15) is 73.7 Å². The van der Waals surface area contributed by atoms with Crippen LogP contribution in [0.15, 0.2) is 29.3 Å². The van der Waals surface area contributed by atoms with E-state index in [4.69, 9.17) is 4.74 Å². The number of thiazole rings is 1. The van der Waals surface area contributed by atoms with Gasteiger partial charge in [-0.1, -0.05) is 6.07 Å². The van der Waals surface area contributed by atoms with Gasteiger partial charge in [-0.05, 0) is 64.5 Å². The summed E-state index contributed by atoms with van der Waals surface area (Å²) in [6.45, 7) is 3.63. The number of carboxylic acids is 1. The molecule has 1 amide bonds. The molecule has 0 saturated heterocycles. The van der Waals surface area contributed by atoms with Crippen LogP contribution in [0.3, 0.4) is 0 Å². The van der Waals surface area contributed by atoms with Crippen LogP contribution in [-0.4, -0.2) is 48.0 Å². The van der Waals surface area contributed by atoms with E-state index in [0.29, 0.717) is 18.4 Å². The summed E-state index contributed by atoms with van der Waals surface area (Å²) in [7, 11) is -3.58. The zero-order valence-electron chi connectivity index (χ0n) is 18.6. The third kappa shape index (κ3) is 5.38. The van der Waals surface area contributed by atoms with Crippen LogP contribution in [-0.2, 0) is 14.6 Å². The van der Waals surface area contributed by atoms with Crippen molar-refractivity contribution in [2.45, 2.75) is 80.6 Å². The van der Waals surface area contributed by atoms with Gasteiger partial charge in [0.1, 0.15) is 0 Å². The van der Waals surface area contributed by atoms with Crippen LogP contribution in [0, 0.1) is 0 Å². The Labute approximate surface area is 197 Å². The summed E-state index contributed by atoms with van der Waals surface area (Å²) in [5.74, 6) is -0.911. The number of rotatable bonds is 7. The normalized spacial score (nSPS) is 21.1. The van der Waals surface area contributed by atoms with Gasteiger partial charge in [0, 0.05) is 23.7 Å². The molecule has 2 N–H and O–H groups in total. The molecular weight excluding hydrogens is 464 g/mol. The number of hydrogen-bond acceptors (Lipinski definition) is 7. The van der Waals surface area contributed by atoms with Gasteiger partial charge < -0.3 is 15.2 Å². The number of amides is 1. The molecule has 2 aromatic rings. The zero-order chi connectivity index (χ0) is 23.8. The van der Waals surface area contributed by atoms with Crippen molar-refractivity contribution >= 4 is 33.2 Å². The predicted molar refractivity (Wildman–Crippen MR) is 124 cm³/mol. The molecule has 178 valence electrons. The number of alkyl carbamates (subject to hydrolysis) is 1. The van der Waals surface area contributed by atoms with Crippen LogP contribution in [0.25, 0.3) is 10.4 Å². The molecule has 2 saturated carbocycles. The Balaban J connectivity index is 1.50. The van der Waals surface area contributed by atoms with E-state index < -0.39 is 21.1 Å². The Morgan fingerprint density at radius 1 is 1.15 bits per heavy atom. The van der Waals surface area contributed by atoms with E-state index in [1.165, 1.54) is 23.5 Å². The van der Waals surface area contributed by atoms with Gasteiger partial charge in [-0.3, -0.25) is 0 Å². The highest BCUT2D eigenvalue weighted by molar-refractivity contribution is 7.92. The highest BCUT2D eigenvalue weighted by atomic mass is 32.2. The van der Waals surface area contributed by atoms with E-state index in [-0.39, 0.29) is 34.6 Å². The fourth-order valence-electron chi connectivity index (χ4n) is 4.15. The molecule has 1 aromatic heterocycles. The minimum Gasteiger partial charge on any atom is -0.478 e. The van der Waals surface area contributed by atoms with Gasteiger partial charge in [0.15, 0.2) is 9.84 Å². The van der Waals surface area contributed by atoms with Gasteiger partial charge in [0.25, 0.3) is 0 Å². The number of ether oxygens (including phenoxy) is 1. The van der Waals surface area contributed by atoms with E-state index in [1.54, 1.807) is 12.3 Å². The Bertz CT molecular complexity index is 1150. The summed E-state index contributed by atoms with van der Waals surface area (Å²) < 4.78 is 31.2. The van der Waals surface area contributed by atoms with Crippen LogP contribution in [0.4, 0.5) is 4.79 Å². The first-order valence-electron chi connectivity index (χ1n) is 11.2. The number of benzene rings is 1. The second-order valence-corrected chi connectivity index (χ2v) is 12.2. The standard InChI is InChI=1S/C23H28N2O6S2/c1-13(2)31-23(28)25-16-6-3-14(4-7-16)21-24-12-19(32-21)18-10-5-15(22(26)27)11-20(18)33(29,30)17-8-9-17/h5,10-14,16-17H,3-4,6-9H2,1-2H3,(H,25,28)(H,26,27). The van der Waals surface area contributed by atoms with Crippen LogP contribution >= 0.6 is 11.3 Å². The highest BCUT2D eigenvalue weighted by Crippen LogP contribution is 2.42. The van der Waals surface area contributed by atoms with E-state index in [2.05, 4.69) is 10.3 Å². The second kappa shape index (κ2) is 9.42. The maximum absolute atomic E-state index is 13.0. The Morgan fingerprint density at radius 2 is 1.85 bits per heavy atom. The summed E-state index contributed by atoms with van der Waals surface area (Å²) in [5, 5.41) is 12.8. The van der Waals surface area contributed by atoms with Gasteiger partial charge in [0.05, 0.1) is 31.7 Å². The number of carbonyl (C=O) groups excluding carboxylic acids is 1. The number of carbonyl (C=O) groups is 2. The van der Waals surface area contributed by atoms with E-state index >= 15 is 0 Å². The SMILES string of the molecule is CC(C)OC(=O)NC1CCC(c2ncc(-c3ccc(C(=O)O)cc3S(=O)(=O)C3CC3)s2)CC1. The maximum atomic E-state index is 13.0. The number of aromatic carboxylic acids is 1. The summed E-state index contributed by atoms with van der Waals surface area (Å²) in [6.07, 6.45) is 5.72. The molecule has 10 heteroatoms. The quantitative estimate of drug-likeness (QED) is 0.579. The molecule has 0 atom stereocenters. The highest BCUT2D eigenvalue weighted by Gasteiger charge is 2.39. The average Bonchev–Trinajstić information content (AvgIpc) is 3.52. The molecule has 8 nitrogen and oxygen atoms in total. The molecule has 0 aliphatic heterocycles. The molecule has 33 heavy (non-hydrogen) atoms. The molecule has 0 spiro atoms. The van der Waals surface area contributed by atoms with Crippen LogP contribution < -0.4 is 5.32 Å². The smallest absolute Gasteiger partial charge is 0.407 e. The van der Waals surface area contributed by atoms with Gasteiger partial charge in [-0.25, -0.2) is 23.0 Å². The third-order valence-electron chi connectivity index (χ3n) is 6.03. The maximum Gasteiger partial charge on any atom is 0.407 e. The number of carboxylic acid groups (broad SMARTS) is 1. The van der Waals surface area contributed by atoms with Crippen molar-refractivity contribution in [3.05, 3.63) is 35.0 Å². The molecule has 1 heterocycles. The van der Waals surface area contributed by atoms with Crippen molar-refractivity contribution < 1.29 is 27.9 Å². The first kappa shape index (κ1) is 23.7. The summed E-state index contributed by atoms with van der Waals surface area (Å²) in [4.78, 5) is 28.6. The van der Waals surface area contributed by atoms with E-state index in [9.17, 15) is 23.1 Å². The Morgan fingerprint density at radius 3 is 2.45 bits per heavy atom. The Kier molecular flexibility index (Phi) is 6.76. The van der Waals surface area contributed by atoms with E-state index in [1.807, 2.05) is 13.8 Å². The molecule has 1 aromatic carbocycles. The zero-order valence-corrected chi connectivity index (χ0v) is 20.2. The summed E-state index contributed by atoms with van der Waals surface area (Å²) in [6, 6.07) is 4.37. The van der Waals surface area contributed by atoms with Crippen molar-refractivity contribution in [1.82, 2.24) is 10.3 Å². The lowest BCUT2D eigenvalue weighted by atomic mass is 9.86. The number of nitrogens with zero attached hydrogens (tertiary/aromatic N) is 1. The fourth-order valence-corrected chi connectivity index (χ4v) is 7.24. The van der Waals surface area contributed by atoms with Crippen molar-refractivity contribution in [2.24, 2.45) is 0 Å². The Hall–Kier alpha value is -2.46. The largest absolute Gasteiger partial charge is 0.478 e. The van der Waals surface area contributed by atoms with Crippen molar-refractivity contribution in [1.29, 1.82) is 0 Å². The second-order valence-electron chi connectivity index (χ2n) is 8.97. The van der Waals surface area contributed by atoms with Gasteiger partial charge in [0.2, 0.25) is 0 Å². The third-order valence-corrected chi connectivity index (χ3v) is 9.52. The first-order valence-corrected chi connectivity index (χ1v) is 13.6. The molecule has 0 bridgehead atoms. The lowest BCUT2D eigenvalue weighted by Crippen LogP contribution is -2.38. The van der Waals surface area contributed by atoms with Crippen molar-refractivity contribution in [3.63, 3.8) is 0 Å². The number of hydrogen-bond donors (Lipinski definition) is 2. The van der Waals surface area contributed by atoms with Gasteiger partial charge in [-0.15, -0.1) is 11.3 Å². The minimum atomic E-state index is -3.58. The predicted octanol–water partition coefficient (Wildman–Crippen LogP) is 4.61. The first-order chi connectivity index (χ1) is 15.6. The lowest BCUT2D eigenvalue weighted by Gasteiger charge is -2.28. The van der Waals surface area contributed by atoms with Crippen LogP contribution in [0.5, 0.6) is 0 Å². The number of sulfone groups is 1. The fraction of sp³-hybridized carbons (Fsp3) is 0.522. The van der Waals surface area contributed by atoms with E-state index in [0.717, 1.165) is 35.6 Å². The molecule has 2 aliphatic rings. The number of nitrogens with one attached hydrogen (secondary N) is 1. The minimum absolute atomic E-state index is 0.0375. The van der Waals surface area contributed by atoms with Crippen molar-refractivity contribution in [2.75, 3.05) is 0 Å². The average molecular weight is 493 g/mol. The summed E-state index contributed by atoms with van der Waals surface area (Å²) in [5.41, 5.74) is 0.479. The molecule has 4 rings (SSSR count). The van der Waals surface area contributed by atoms with Gasteiger partial charge >= 0.3 is 12.1 Å². The lowest BCUT2D eigenvalue weighted by molar-refractivity contribution is 0.0696. The van der Waals surface area contributed by atoms with Crippen LogP contribution in [0.2, 0.25) is 0 Å². The van der Waals surface area contributed by atoms with Crippen molar-refractivity contribution in [3.8, 4) is 10.4 Å². The number of aromatic nitrogens is 1. The summed E-state index contributed by atoms with van der Waals surface area (Å²) >= 11 is 1.46. The monoisotopic (exact) mass is 492 g/mol.